The highest BCUT2D eigenvalue weighted by atomic mass is 32.2. The Hall–Kier alpha value is -2.34. The molecule has 0 spiro atoms. The SMILES string of the molecule is CCN(c1ccc(C)c(C)c1)S(=O)(=O)c1ccc(NC(C)=O)cc1. The number of carbonyl (C=O) groups is 1. The maximum atomic E-state index is 12.9. The third-order valence-electron chi connectivity index (χ3n) is 3.83. The van der Waals surface area contributed by atoms with Gasteiger partial charge in [0.2, 0.25) is 5.91 Å². The van der Waals surface area contributed by atoms with Crippen LogP contribution in [-0.2, 0) is 14.8 Å². The lowest BCUT2D eigenvalue weighted by Crippen LogP contribution is -2.30. The maximum Gasteiger partial charge on any atom is 0.264 e. The smallest absolute Gasteiger partial charge is 0.264 e. The Morgan fingerprint density at radius 1 is 1.04 bits per heavy atom. The van der Waals surface area contributed by atoms with Crippen LogP contribution in [0.15, 0.2) is 47.4 Å². The Labute approximate surface area is 143 Å². The van der Waals surface area contributed by atoms with Crippen molar-refractivity contribution in [3.05, 3.63) is 53.6 Å². The number of carbonyl (C=O) groups excluding carboxylic acids is 1. The highest BCUT2D eigenvalue weighted by Gasteiger charge is 2.23. The highest BCUT2D eigenvalue weighted by molar-refractivity contribution is 7.92. The normalized spacial score (nSPS) is 11.2. The molecular formula is C18H22N2O3S. The molecule has 1 N–H and O–H groups in total. The number of anilines is 2. The first-order valence-electron chi connectivity index (χ1n) is 7.73. The summed E-state index contributed by atoms with van der Waals surface area (Å²) in [6.07, 6.45) is 0. The minimum absolute atomic E-state index is 0.191. The van der Waals surface area contributed by atoms with E-state index in [1.165, 1.54) is 23.4 Å². The van der Waals surface area contributed by atoms with Crippen LogP contribution in [0, 0.1) is 13.8 Å². The van der Waals surface area contributed by atoms with E-state index in [1.54, 1.807) is 19.1 Å². The van der Waals surface area contributed by atoms with E-state index in [4.69, 9.17) is 0 Å². The summed E-state index contributed by atoms with van der Waals surface area (Å²) in [5.41, 5.74) is 3.37. The second kappa shape index (κ2) is 7.05. The van der Waals surface area contributed by atoms with Gasteiger partial charge in [-0.25, -0.2) is 8.42 Å². The molecule has 0 aliphatic rings. The molecule has 2 aromatic rings. The summed E-state index contributed by atoms with van der Waals surface area (Å²) in [6, 6.07) is 11.8. The Morgan fingerprint density at radius 3 is 2.17 bits per heavy atom. The number of rotatable bonds is 5. The standard InChI is InChI=1S/C18H22N2O3S/c1-5-20(17-9-6-13(2)14(3)12-17)24(22,23)18-10-7-16(8-11-18)19-15(4)21/h6-12H,5H2,1-4H3,(H,19,21). The molecule has 2 rings (SSSR count). The number of hydrogen-bond donors (Lipinski definition) is 1. The Balaban J connectivity index is 2.39. The molecule has 0 radical (unpaired) electrons. The van der Waals surface area contributed by atoms with Crippen LogP contribution in [0.5, 0.6) is 0 Å². The fourth-order valence-electron chi connectivity index (χ4n) is 2.41. The van der Waals surface area contributed by atoms with E-state index in [9.17, 15) is 13.2 Å². The zero-order valence-electron chi connectivity index (χ0n) is 14.3. The summed E-state index contributed by atoms with van der Waals surface area (Å²) < 4.78 is 27.2. The molecule has 24 heavy (non-hydrogen) atoms. The molecule has 0 saturated carbocycles. The molecule has 1 amide bonds. The lowest BCUT2D eigenvalue weighted by Gasteiger charge is -2.23. The second-order valence-corrected chi connectivity index (χ2v) is 7.51. The van der Waals surface area contributed by atoms with Crippen molar-refractivity contribution in [1.29, 1.82) is 0 Å². The first kappa shape index (κ1) is 18.0. The highest BCUT2D eigenvalue weighted by Crippen LogP contribution is 2.26. The van der Waals surface area contributed by atoms with Crippen molar-refractivity contribution in [3.8, 4) is 0 Å². The zero-order valence-corrected chi connectivity index (χ0v) is 15.1. The van der Waals surface area contributed by atoms with Gasteiger partial charge in [-0.2, -0.15) is 0 Å². The topological polar surface area (TPSA) is 66.5 Å². The summed E-state index contributed by atoms with van der Waals surface area (Å²) in [5.74, 6) is -0.198. The Bertz CT molecular complexity index is 843. The predicted octanol–water partition coefficient (Wildman–Crippen LogP) is 3.48. The number of hydrogen-bond acceptors (Lipinski definition) is 3. The molecule has 0 fully saturated rings. The van der Waals surface area contributed by atoms with E-state index in [2.05, 4.69) is 5.32 Å². The van der Waals surface area contributed by atoms with Crippen LogP contribution in [0.3, 0.4) is 0 Å². The molecule has 0 bridgehead atoms. The van der Waals surface area contributed by atoms with Gasteiger partial charge in [0.25, 0.3) is 10.0 Å². The number of sulfonamides is 1. The van der Waals surface area contributed by atoms with E-state index in [1.807, 2.05) is 32.0 Å². The van der Waals surface area contributed by atoms with Crippen molar-refractivity contribution in [3.63, 3.8) is 0 Å². The first-order chi connectivity index (χ1) is 11.3. The largest absolute Gasteiger partial charge is 0.326 e. The summed E-state index contributed by atoms with van der Waals surface area (Å²) in [5, 5.41) is 2.62. The molecule has 0 atom stereocenters. The molecular weight excluding hydrogens is 324 g/mol. The average molecular weight is 346 g/mol. The molecule has 6 heteroatoms. The van der Waals surface area contributed by atoms with Gasteiger partial charge in [-0.3, -0.25) is 9.10 Å². The molecule has 2 aromatic carbocycles. The van der Waals surface area contributed by atoms with Crippen LogP contribution < -0.4 is 9.62 Å². The van der Waals surface area contributed by atoms with Gasteiger partial charge in [0.15, 0.2) is 0 Å². The number of aryl methyl sites for hydroxylation is 2. The maximum absolute atomic E-state index is 12.9. The minimum Gasteiger partial charge on any atom is -0.326 e. The number of benzene rings is 2. The number of amides is 1. The van der Waals surface area contributed by atoms with E-state index in [0.29, 0.717) is 17.9 Å². The van der Waals surface area contributed by atoms with E-state index >= 15 is 0 Å². The minimum atomic E-state index is -3.66. The Kier molecular flexibility index (Phi) is 5.29. The van der Waals surface area contributed by atoms with Gasteiger partial charge in [0.05, 0.1) is 10.6 Å². The van der Waals surface area contributed by atoms with Crippen LogP contribution in [0.2, 0.25) is 0 Å². The van der Waals surface area contributed by atoms with Gasteiger partial charge >= 0.3 is 0 Å². The number of nitrogens with one attached hydrogen (secondary N) is 1. The van der Waals surface area contributed by atoms with Crippen LogP contribution in [-0.4, -0.2) is 20.9 Å². The molecule has 5 nitrogen and oxygen atoms in total. The van der Waals surface area contributed by atoms with Gasteiger partial charge in [0, 0.05) is 19.2 Å². The summed E-state index contributed by atoms with van der Waals surface area (Å²) in [4.78, 5) is 11.2. The van der Waals surface area contributed by atoms with Crippen LogP contribution >= 0.6 is 0 Å². The molecule has 0 aliphatic heterocycles. The van der Waals surface area contributed by atoms with E-state index in [0.717, 1.165) is 11.1 Å². The van der Waals surface area contributed by atoms with Crippen LogP contribution in [0.1, 0.15) is 25.0 Å². The lowest BCUT2D eigenvalue weighted by molar-refractivity contribution is -0.114. The van der Waals surface area contributed by atoms with Crippen molar-refractivity contribution < 1.29 is 13.2 Å². The molecule has 0 saturated heterocycles. The summed E-state index contributed by atoms with van der Waals surface area (Å²) in [6.45, 7) is 7.49. The van der Waals surface area contributed by atoms with E-state index in [-0.39, 0.29) is 10.8 Å². The van der Waals surface area contributed by atoms with Gasteiger partial charge in [-0.15, -0.1) is 0 Å². The van der Waals surface area contributed by atoms with Gasteiger partial charge in [0.1, 0.15) is 0 Å². The summed E-state index contributed by atoms with van der Waals surface area (Å²) >= 11 is 0. The molecule has 0 aromatic heterocycles. The quantitative estimate of drug-likeness (QED) is 0.901. The summed E-state index contributed by atoms with van der Waals surface area (Å²) in [7, 11) is -3.66. The second-order valence-electron chi connectivity index (χ2n) is 5.64. The van der Waals surface area contributed by atoms with Crippen molar-refractivity contribution in [2.45, 2.75) is 32.6 Å². The van der Waals surface area contributed by atoms with Crippen LogP contribution in [0.25, 0.3) is 0 Å². The van der Waals surface area contributed by atoms with E-state index < -0.39 is 10.0 Å². The third-order valence-corrected chi connectivity index (χ3v) is 5.75. The molecule has 0 unspecified atom stereocenters. The predicted molar refractivity (Wildman–Crippen MR) is 96.9 cm³/mol. The Morgan fingerprint density at radius 2 is 1.67 bits per heavy atom. The zero-order chi connectivity index (χ0) is 17.9. The van der Waals surface area contributed by atoms with Crippen molar-refractivity contribution >= 4 is 27.3 Å². The van der Waals surface area contributed by atoms with Crippen LogP contribution in [0.4, 0.5) is 11.4 Å². The lowest BCUT2D eigenvalue weighted by atomic mass is 10.1. The fraction of sp³-hybridized carbons (Fsp3) is 0.278. The molecule has 128 valence electrons. The first-order valence-corrected chi connectivity index (χ1v) is 9.17. The van der Waals surface area contributed by atoms with Crippen molar-refractivity contribution in [1.82, 2.24) is 0 Å². The average Bonchev–Trinajstić information content (AvgIpc) is 2.51. The van der Waals surface area contributed by atoms with Gasteiger partial charge in [-0.05, 0) is 68.3 Å². The number of nitrogens with zero attached hydrogens (tertiary/aromatic N) is 1. The van der Waals surface area contributed by atoms with Crippen molar-refractivity contribution in [2.75, 3.05) is 16.2 Å². The molecule has 0 heterocycles. The van der Waals surface area contributed by atoms with Crippen molar-refractivity contribution in [2.24, 2.45) is 0 Å². The van der Waals surface area contributed by atoms with Gasteiger partial charge in [-0.1, -0.05) is 6.07 Å². The fourth-order valence-corrected chi connectivity index (χ4v) is 3.88. The molecule has 0 aliphatic carbocycles. The third kappa shape index (κ3) is 3.76. The monoisotopic (exact) mass is 346 g/mol. The van der Waals surface area contributed by atoms with Gasteiger partial charge < -0.3 is 5.32 Å².